The summed E-state index contributed by atoms with van der Waals surface area (Å²) in [4.78, 5) is 12.1. The fourth-order valence-corrected chi connectivity index (χ4v) is 2.49. The molecule has 0 heterocycles. The molecule has 118 valence electrons. The van der Waals surface area contributed by atoms with Crippen molar-refractivity contribution >= 4 is 21.8 Å². The van der Waals surface area contributed by atoms with Crippen LogP contribution in [0.15, 0.2) is 22.7 Å². The van der Waals surface area contributed by atoms with Gasteiger partial charge in [-0.15, -0.1) is 0 Å². The van der Waals surface area contributed by atoms with E-state index in [4.69, 9.17) is 10.5 Å². The molecule has 0 fully saturated rings. The van der Waals surface area contributed by atoms with Gasteiger partial charge in [0, 0.05) is 10.5 Å². The van der Waals surface area contributed by atoms with Crippen LogP contribution in [-0.4, -0.2) is 24.6 Å². The molecule has 1 amide bonds. The summed E-state index contributed by atoms with van der Waals surface area (Å²) >= 11 is 3.49. The molecular formula is C16H25BrN2O2. The normalized spacial score (nSPS) is 12.3. The number of hydrogen-bond acceptors (Lipinski definition) is 3. The summed E-state index contributed by atoms with van der Waals surface area (Å²) in [5, 5.41) is 2.99. The average Bonchev–Trinajstić information content (AvgIpc) is 2.48. The average molecular weight is 357 g/mol. The summed E-state index contributed by atoms with van der Waals surface area (Å²) in [5.41, 5.74) is 6.67. The summed E-state index contributed by atoms with van der Waals surface area (Å²) in [7, 11) is 0. The molecule has 0 aliphatic carbocycles. The van der Waals surface area contributed by atoms with Gasteiger partial charge in [-0.2, -0.15) is 0 Å². The predicted molar refractivity (Wildman–Crippen MR) is 89.5 cm³/mol. The molecule has 21 heavy (non-hydrogen) atoms. The summed E-state index contributed by atoms with van der Waals surface area (Å²) < 4.78 is 6.74. The number of halogens is 1. The second-order valence-electron chi connectivity index (χ2n) is 5.07. The monoisotopic (exact) mass is 356 g/mol. The lowest BCUT2D eigenvalue weighted by atomic mass is 10.1. The minimum absolute atomic E-state index is 0.0769. The van der Waals surface area contributed by atoms with Crippen molar-refractivity contribution in [1.29, 1.82) is 0 Å². The maximum atomic E-state index is 12.1. The van der Waals surface area contributed by atoms with E-state index in [2.05, 4.69) is 35.1 Å². The van der Waals surface area contributed by atoms with Crippen LogP contribution in [0.25, 0.3) is 0 Å². The van der Waals surface area contributed by atoms with Crippen molar-refractivity contribution in [1.82, 2.24) is 5.32 Å². The lowest BCUT2D eigenvalue weighted by Crippen LogP contribution is -2.42. The van der Waals surface area contributed by atoms with Crippen molar-refractivity contribution in [3.8, 4) is 5.75 Å². The van der Waals surface area contributed by atoms with Gasteiger partial charge < -0.3 is 15.8 Å². The van der Waals surface area contributed by atoms with Crippen molar-refractivity contribution in [2.45, 2.75) is 52.2 Å². The molecule has 0 aliphatic rings. The standard InChI is InChI=1S/C16H25BrN2O2/c1-4-13(5-2)19-16(20)11(3)21-14-6-7-15(17)12(10-14)8-9-18/h6-7,10-11,13H,4-5,8-9,18H2,1-3H3,(H,19,20). The van der Waals surface area contributed by atoms with Crippen molar-refractivity contribution in [2.24, 2.45) is 5.73 Å². The molecule has 1 aromatic rings. The van der Waals surface area contributed by atoms with Crippen molar-refractivity contribution in [3.63, 3.8) is 0 Å². The summed E-state index contributed by atoms with van der Waals surface area (Å²) in [5.74, 6) is 0.612. The van der Waals surface area contributed by atoms with Crippen LogP contribution >= 0.6 is 15.9 Å². The summed E-state index contributed by atoms with van der Waals surface area (Å²) in [6.07, 6.45) is 2.10. The SMILES string of the molecule is CCC(CC)NC(=O)C(C)Oc1ccc(Br)c(CCN)c1. The Morgan fingerprint density at radius 3 is 2.62 bits per heavy atom. The maximum Gasteiger partial charge on any atom is 0.260 e. The van der Waals surface area contributed by atoms with Crippen LogP contribution in [-0.2, 0) is 11.2 Å². The van der Waals surface area contributed by atoms with Gasteiger partial charge in [-0.25, -0.2) is 0 Å². The minimum Gasteiger partial charge on any atom is -0.481 e. The van der Waals surface area contributed by atoms with Crippen LogP contribution in [0.5, 0.6) is 5.75 Å². The minimum atomic E-state index is -0.516. The number of carbonyl (C=O) groups is 1. The molecule has 0 saturated heterocycles. The third-order valence-electron chi connectivity index (χ3n) is 3.44. The number of rotatable bonds is 8. The Bertz CT molecular complexity index is 462. The van der Waals surface area contributed by atoms with E-state index in [9.17, 15) is 4.79 Å². The molecule has 1 atom stereocenters. The van der Waals surface area contributed by atoms with E-state index in [1.165, 1.54) is 0 Å². The number of hydrogen-bond donors (Lipinski definition) is 2. The number of nitrogens with one attached hydrogen (secondary N) is 1. The molecule has 0 spiro atoms. The molecule has 0 aromatic heterocycles. The third kappa shape index (κ3) is 5.67. The third-order valence-corrected chi connectivity index (χ3v) is 4.22. The molecule has 0 bridgehead atoms. The van der Waals surface area contributed by atoms with Gasteiger partial charge in [-0.05, 0) is 56.5 Å². The lowest BCUT2D eigenvalue weighted by Gasteiger charge is -2.20. The van der Waals surface area contributed by atoms with E-state index in [0.29, 0.717) is 12.3 Å². The second-order valence-corrected chi connectivity index (χ2v) is 5.93. The number of ether oxygens (including phenoxy) is 1. The van der Waals surface area contributed by atoms with Crippen LogP contribution in [0, 0.1) is 0 Å². The zero-order valence-corrected chi connectivity index (χ0v) is 14.6. The van der Waals surface area contributed by atoms with Crippen molar-refractivity contribution in [3.05, 3.63) is 28.2 Å². The van der Waals surface area contributed by atoms with Gasteiger partial charge in [0.15, 0.2) is 6.10 Å². The first-order valence-corrected chi connectivity index (χ1v) is 8.26. The van der Waals surface area contributed by atoms with Gasteiger partial charge in [-0.1, -0.05) is 29.8 Å². The number of amides is 1. The molecule has 3 N–H and O–H groups in total. The lowest BCUT2D eigenvalue weighted by molar-refractivity contribution is -0.128. The Hall–Kier alpha value is -1.07. The van der Waals surface area contributed by atoms with E-state index in [0.717, 1.165) is 29.3 Å². The van der Waals surface area contributed by atoms with E-state index >= 15 is 0 Å². The summed E-state index contributed by atoms with van der Waals surface area (Å²) in [6.45, 7) is 6.47. The fourth-order valence-electron chi connectivity index (χ4n) is 2.04. The van der Waals surface area contributed by atoms with Gasteiger partial charge in [0.25, 0.3) is 5.91 Å². The molecule has 0 aliphatic heterocycles. The second kappa shape index (κ2) is 9.05. The van der Waals surface area contributed by atoms with E-state index < -0.39 is 6.10 Å². The van der Waals surface area contributed by atoms with E-state index in [1.54, 1.807) is 6.92 Å². The van der Waals surface area contributed by atoms with E-state index in [-0.39, 0.29) is 11.9 Å². The molecule has 1 rings (SSSR count). The molecule has 1 unspecified atom stereocenters. The van der Waals surface area contributed by atoms with Crippen LogP contribution in [0.3, 0.4) is 0 Å². The maximum absolute atomic E-state index is 12.1. The first-order chi connectivity index (χ1) is 10.0. The zero-order valence-electron chi connectivity index (χ0n) is 13.0. The van der Waals surface area contributed by atoms with Gasteiger partial charge in [0.1, 0.15) is 5.75 Å². The van der Waals surface area contributed by atoms with Gasteiger partial charge >= 0.3 is 0 Å². The first kappa shape index (κ1) is 18.0. The molecule has 5 heteroatoms. The quantitative estimate of drug-likeness (QED) is 0.752. The Labute approximate surface area is 135 Å². The smallest absolute Gasteiger partial charge is 0.260 e. The molecular weight excluding hydrogens is 332 g/mol. The number of nitrogens with two attached hydrogens (primary N) is 1. The molecule has 0 saturated carbocycles. The summed E-state index contributed by atoms with van der Waals surface area (Å²) in [6, 6.07) is 5.91. The molecule has 1 aromatic carbocycles. The highest BCUT2D eigenvalue weighted by atomic mass is 79.9. The number of benzene rings is 1. The Morgan fingerprint density at radius 2 is 2.05 bits per heavy atom. The topological polar surface area (TPSA) is 64.3 Å². The van der Waals surface area contributed by atoms with Crippen molar-refractivity contribution in [2.75, 3.05) is 6.54 Å². The molecule has 0 radical (unpaired) electrons. The van der Waals surface area contributed by atoms with E-state index in [1.807, 2.05) is 18.2 Å². The van der Waals surface area contributed by atoms with Crippen LogP contribution in [0.1, 0.15) is 39.2 Å². The van der Waals surface area contributed by atoms with Gasteiger partial charge in [0.05, 0.1) is 0 Å². The number of carbonyl (C=O) groups excluding carboxylic acids is 1. The Kier molecular flexibility index (Phi) is 7.75. The van der Waals surface area contributed by atoms with Crippen molar-refractivity contribution < 1.29 is 9.53 Å². The van der Waals surface area contributed by atoms with Crippen LogP contribution < -0.4 is 15.8 Å². The fraction of sp³-hybridized carbons (Fsp3) is 0.562. The Morgan fingerprint density at radius 1 is 1.38 bits per heavy atom. The Balaban J connectivity index is 2.67. The molecule has 4 nitrogen and oxygen atoms in total. The van der Waals surface area contributed by atoms with Crippen LogP contribution in [0.4, 0.5) is 0 Å². The first-order valence-electron chi connectivity index (χ1n) is 7.47. The highest BCUT2D eigenvalue weighted by Crippen LogP contribution is 2.23. The highest BCUT2D eigenvalue weighted by molar-refractivity contribution is 9.10. The zero-order chi connectivity index (χ0) is 15.8. The van der Waals surface area contributed by atoms with Crippen LogP contribution in [0.2, 0.25) is 0 Å². The van der Waals surface area contributed by atoms with Gasteiger partial charge in [-0.3, -0.25) is 4.79 Å². The highest BCUT2D eigenvalue weighted by Gasteiger charge is 2.17. The largest absolute Gasteiger partial charge is 0.481 e. The predicted octanol–water partition coefficient (Wildman–Crippen LogP) is 3.02. The van der Waals surface area contributed by atoms with Gasteiger partial charge in [0.2, 0.25) is 0 Å².